The van der Waals surface area contributed by atoms with E-state index in [0.717, 1.165) is 24.5 Å². The highest BCUT2D eigenvalue weighted by molar-refractivity contribution is 5.47. The summed E-state index contributed by atoms with van der Waals surface area (Å²) in [5.41, 5.74) is 0.766. The fraction of sp³-hybridized carbons (Fsp3) is 0.556. The standard InChI is InChI=1S/C9H13N3O2/c1-14-8-3-12(4-8)9-7(5-13)2-10-6-11-9/h2,6,8,13H,3-5H2,1H3. The molecule has 0 aliphatic carbocycles. The predicted octanol–water partition coefficient (Wildman–Crippen LogP) is -0.196. The van der Waals surface area contributed by atoms with Crippen molar-refractivity contribution in [2.24, 2.45) is 0 Å². The van der Waals surface area contributed by atoms with Crippen LogP contribution < -0.4 is 4.90 Å². The largest absolute Gasteiger partial charge is 0.391 e. The molecule has 14 heavy (non-hydrogen) atoms. The molecule has 1 aliphatic rings. The van der Waals surface area contributed by atoms with Crippen LogP contribution in [0, 0.1) is 0 Å². The van der Waals surface area contributed by atoms with Crippen LogP contribution in [0.1, 0.15) is 5.56 Å². The minimum absolute atomic E-state index is 0.0235. The van der Waals surface area contributed by atoms with Crippen LogP contribution in [0.5, 0.6) is 0 Å². The van der Waals surface area contributed by atoms with Crippen molar-refractivity contribution >= 4 is 5.82 Å². The van der Waals surface area contributed by atoms with E-state index < -0.39 is 0 Å². The van der Waals surface area contributed by atoms with Gasteiger partial charge >= 0.3 is 0 Å². The minimum Gasteiger partial charge on any atom is -0.391 e. The summed E-state index contributed by atoms with van der Waals surface area (Å²) in [6.07, 6.45) is 3.42. The Morgan fingerprint density at radius 3 is 3.07 bits per heavy atom. The Morgan fingerprint density at radius 2 is 2.43 bits per heavy atom. The van der Waals surface area contributed by atoms with Gasteiger partial charge in [-0.3, -0.25) is 0 Å². The summed E-state index contributed by atoms with van der Waals surface area (Å²) in [6.45, 7) is 1.64. The maximum Gasteiger partial charge on any atom is 0.137 e. The summed E-state index contributed by atoms with van der Waals surface area (Å²) in [6, 6.07) is 0. The van der Waals surface area contributed by atoms with E-state index in [0.29, 0.717) is 0 Å². The molecule has 1 saturated heterocycles. The number of aliphatic hydroxyl groups excluding tert-OH is 1. The van der Waals surface area contributed by atoms with Crippen molar-refractivity contribution in [2.45, 2.75) is 12.7 Å². The normalized spacial score (nSPS) is 16.9. The summed E-state index contributed by atoms with van der Waals surface area (Å²) in [5, 5.41) is 9.07. The molecule has 1 N–H and O–H groups in total. The summed E-state index contributed by atoms with van der Waals surface area (Å²) in [5.74, 6) is 0.816. The maximum absolute atomic E-state index is 9.07. The van der Waals surface area contributed by atoms with Gasteiger partial charge in [0.2, 0.25) is 0 Å². The van der Waals surface area contributed by atoms with Crippen LogP contribution in [-0.2, 0) is 11.3 Å². The molecule has 0 amide bonds. The van der Waals surface area contributed by atoms with E-state index >= 15 is 0 Å². The Morgan fingerprint density at radius 1 is 1.64 bits per heavy atom. The summed E-state index contributed by atoms with van der Waals surface area (Å²) in [7, 11) is 1.70. The summed E-state index contributed by atoms with van der Waals surface area (Å²) >= 11 is 0. The molecule has 1 aromatic rings. The highest BCUT2D eigenvalue weighted by Crippen LogP contribution is 2.22. The molecule has 0 aromatic carbocycles. The van der Waals surface area contributed by atoms with Crippen LogP contribution in [0.15, 0.2) is 12.5 Å². The van der Waals surface area contributed by atoms with Gasteiger partial charge in [-0.2, -0.15) is 0 Å². The van der Waals surface area contributed by atoms with Gasteiger partial charge in [0.1, 0.15) is 12.1 Å². The molecule has 76 valence electrons. The molecule has 5 heteroatoms. The lowest BCUT2D eigenvalue weighted by atomic mass is 10.1. The van der Waals surface area contributed by atoms with Gasteiger partial charge in [0.05, 0.1) is 12.7 Å². The number of aliphatic hydroxyl groups is 1. The van der Waals surface area contributed by atoms with Gasteiger partial charge in [-0.15, -0.1) is 0 Å². The Bertz CT molecular complexity index is 313. The smallest absolute Gasteiger partial charge is 0.137 e. The monoisotopic (exact) mass is 195 g/mol. The number of ether oxygens (including phenoxy) is 1. The molecule has 0 radical (unpaired) electrons. The van der Waals surface area contributed by atoms with Gasteiger partial charge in [0, 0.05) is 32.0 Å². The SMILES string of the molecule is COC1CN(c2ncncc2CO)C1. The number of hydrogen-bond donors (Lipinski definition) is 1. The molecule has 0 unspecified atom stereocenters. The van der Waals surface area contributed by atoms with Gasteiger partial charge in [-0.1, -0.05) is 0 Å². The Balaban J connectivity index is 2.10. The summed E-state index contributed by atoms with van der Waals surface area (Å²) in [4.78, 5) is 10.1. The van der Waals surface area contributed by atoms with Gasteiger partial charge < -0.3 is 14.7 Å². The lowest BCUT2D eigenvalue weighted by Crippen LogP contribution is -2.52. The number of hydrogen-bond acceptors (Lipinski definition) is 5. The van der Waals surface area contributed by atoms with E-state index in [-0.39, 0.29) is 12.7 Å². The first-order chi connectivity index (χ1) is 6.85. The van der Waals surface area contributed by atoms with Gasteiger partial charge in [-0.05, 0) is 0 Å². The Hall–Kier alpha value is -1.20. The van der Waals surface area contributed by atoms with Crippen LogP contribution in [0.2, 0.25) is 0 Å². The van der Waals surface area contributed by atoms with E-state index in [1.807, 2.05) is 0 Å². The van der Waals surface area contributed by atoms with Crippen molar-refractivity contribution in [3.63, 3.8) is 0 Å². The molecule has 0 bridgehead atoms. The molecule has 0 saturated carbocycles. The average Bonchev–Trinajstić information content (AvgIpc) is 2.17. The first-order valence-corrected chi connectivity index (χ1v) is 4.52. The molecule has 0 spiro atoms. The van der Waals surface area contributed by atoms with Crippen molar-refractivity contribution < 1.29 is 9.84 Å². The maximum atomic E-state index is 9.07. The van der Waals surface area contributed by atoms with Crippen molar-refractivity contribution in [3.05, 3.63) is 18.1 Å². The predicted molar refractivity (Wildman–Crippen MR) is 51.0 cm³/mol. The number of methoxy groups -OCH3 is 1. The van der Waals surface area contributed by atoms with Crippen LogP contribution in [-0.4, -0.2) is 41.4 Å². The summed E-state index contributed by atoms with van der Waals surface area (Å²) < 4.78 is 5.16. The zero-order chi connectivity index (χ0) is 9.97. The second kappa shape index (κ2) is 3.89. The van der Waals surface area contributed by atoms with Crippen molar-refractivity contribution in [2.75, 3.05) is 25.1 Å². The van der Waals surface area contributed by atoms with Crippen molar-refractivity contribution in [3.8, 4) is 0 Å². The van der Waals surface area contributed by atoms with E-state index in [4.69, 9.17) is 9.84 Å². The minimum atomic E-state index is -0.0235. The van der Waals surface area contributed by atoms with Crippen molar-refractivity contribution in [1.82, 2.24) is 9.97 Å². The topological polar surface area (TPSA) is 58.5 Å². The van der Waals surface area contributed by atoms with E-state index in [1.54, 1.807) is 13.3 Å². The average molecular weight is 195 g/mol. The number of nitrogens with zero attached hydrogens (tertiary/aromatic N) is 3. The van der Waals surface area contributed by atoms with Crippen LogP contribution in [0.25, 0.3) is 0 Å². The highest BCUT2D eigenvalue weighted by Gasteiger charge is 2.28. The number of rotatable bonds is 3. The molecule has 1 aliphatic heterocycles. The molecule has 2 rings (SSSR count). The highest BCUT2D eigenvalue weighted by atomic mass is 16.5. The molecule has 0 atom stereocenters. The van der Waals surface area contributed by atoms with Gasteiger partial charge in [0.25, 0.3) is 0 Å². The first kappa shape index (κ1) is 9.36. The molecule has 1 aromatic heterocycles. The van der Waals surface area contributed by atoms with Crippen molar-refractivity contribution in [1.29, 1.82) is 0 Å². The van der Waals surface area contributed by atoms with Crippen LogP contribution in [0.4, 0.5) is 5.82 Å². The van der Waals surface area contributed by atoms with Crippen LogP contribution in [0.3, 0.4) is 0 Å². The zero-order valence-electron chi connectivity index (χ0n) is 8.05. The lowest BCUT2D eigenvalue weighted by Gasteiger charge is -2.39. The third kappa shape index (κ3) is 1.56. The Kier molecular flexibility index (Phi) is 2.60. The quantitative estimate of drug-likeness (QED) is 0.724. The van der Waals surface area contributed by atoms with Gasteiger partial charge in [0.15, 0.2) is 0 Å². The molecular formula is C9H13N3O2. The molecule has 1 fully saturated rings. The third-order valence-electron chi connectivity index (χ3n) is 2.42. The van der Waals surface area contributed by atoms with E-state index in [2.05, 4.69) is 14.9 Å². The molecular weight excluding hydrogens is 182 g/mol. The Labute approximate surface area is 82.4 Å². The van der Waals surface area contributed by atoms with E-state index in [1.165, 1.54) is 6.33 Å². The second-order valence-corrected chi connectivity index (χ2v) is 3.29. The van der Waals surface area contributed by atoms with Gasteiger partial charge in [-0.25, -0.2) is 9.97 Å². The first-order valence-electron chi connectivity index (χ1n) is 4.52. The lowest BCUT2D eigenvalue weighted by molar-refractivity contribution is 0.0780. The fourth-order valence-corrected chi connectivity index (χ4v) is 1.51. The zero-order valence-corrected chi connectivity index (χ0v) is 8.05. The number of aromatic nitrogens is 2. The number of anilines is 1. The molecule has 2 heterocycles. The fourth-order valence-electron chi connectivity index (χ4n) is 1.51. The second-order valence-electron chi connectivity index (χ2n) is 3.29. The third-order valence-corrected chi connectivity index (χ3v) is 2.42. The van der Waals surface area contributed by atoms with Crippen LogP contribution >= 0.6 is 0 Å². The molecule has 5 nitrogen and oxygen atoms in total. The van der Waals surface area contributed by atoms with E-state index in [9.17, 15) is 0 Å².